The van der Waals surface area contributed by atoms with Gasteiger partial charge in [0.05, 0.1) is 13.7 Å². The summed E-state index contributed by atoms with van der Waals surface area (Å²) in [6.07, 6.45) is 3.20. The molecule has 7 nitrogen and oxygen atoms in total. The number of aromatic nitrogens is 1. The Hall–Kier alpha value is -2.31. The van der Waals surface area contributed by atoms with Crippen LogP contribution in [0.3, 0.4) is 0 Å². The van der Waals surface area contributed by atoms with Crippen molar-refractivity contribution in [1.29, 1.82) is 0 Å². The molecule has 0 radical (unpaired) electrons. The molecule has 1 unspecified atom stereocenters. The van der Waals surface area contributed by atoms with Crippen LogP contribution in [0.4, 0.5) is 0 Å². The van der Waals surface area contributed by atoms with E-state index in [-0.39, 0.29) is 11.9 Å². The zero-order valence-electron chi connectivity index (χ0n) is 14.7. The first-order chi connectivity index (χ1) is 11.7. The summed E-state index contributed by atoms with van der Waals surface area (Å²) in [4.78, 5) is 22.5. The molecule has 2 rings (SSSR count). The molecule has 7 heteroatoms. The van der Waals surface area contributed by atoms with E-state index in [1.807, 2.05) is 30.9 Å². The number of pyridine rings is 1. The minimum atomic E-state index is 0.210. The van der Waals surface area contributed by atoms with Gasteiger partial charge in [0.1, 0.15) is 0 Å². The third-order valence-corrected chi connectivity index (χ3v) is 3.98. The van der Waals surface area contributed by atoms with Crippen molar-refractivity contribution in [3.63, 3.8) is 0 Å². The van der Waals surface area contributed by atoms with Gasteiger partial charge in [-0.05, 0) is 19.4 Å². The lowest BCUT2D eigenvalue weighted by Gasteiger charge is -2.18. The number of amides is 1. The van der Waals surface area contributed by atoms with Crippen molar-refractivity contribution in [3.8, 4) is 5.88 Å². The Morgan fingerprint density at radius 3 is 3.04 bits per heavy atom. The predicted molar refractivity (Wildman–Crippen MR) is 94.0 cm³/mol. The van der Waals surface area contributed by atoms with Crippen LogP contribution in [0.25, 0.3) is 0 Å². The van der Waals surface area contributed by atoms with Crippen molar-refractivity contribution in [2.24, 2.45) is 4.99 Å². The number of hydrogen-bond acceptors (Lipinski definition) is 4. The van der Waals surface area contributed by atoms with Crippen LogP contribution in [0.15, 0.2) is 23.3 Å². The van der Waals surface area contributed by atoms with Gasteiger partial charge in [-0.3, -0.25) is 4.79 Å². The van der Waals surface area contributed by atoms with Gasteiger partial charge in [0.25, 0.3) is 0 Å². The molecule has 2 heterocycles. The van der Waals surface area contributed by atoms with Crippen LogP contribution in [0.5, 0.6) is 5.88 Å². The Balaban J connectivity index is 1.97. The lowest BCUT2D eigenvalue weighted by Crippen LogP contribution is -2.45. The number of ether oxygens (including phenoxy) is 1. The molecule has 1 amide bonds. The summed E-state index contributed by atoms with van der Waals surface area (Å²) in [7, 11) is 1.61. The highest BCUT2D eigenvalue weighted by atomic mass is 16.5. The third-order valence-electron chi connectivity index (χ3n) is 3.98. The summed E-state index contributed by atoms with van der Waals surface area (Å²) in [6, 6.07) is 4.06. The summed E-state index contributed by atoms with van der Waals surface area (Å²) in [5.41, 5.74) is 0.936. The molecule has 0 aliphatic carbocycles. The number of hydrogen-bond donors (Lipinski definition) is 2. The van der Waals surface area contributed by atoms with E-state index in [2.05, 4.69) is 20.6 Å². The standard InChI is InChI=1S/C17H27N5O2/c1-4-15(23)22-10-8-14(12-22)21-17(18-5-2)20-11-13-7-6-9-19-16(13)24-3/h6-7,9,14H,4-5,8,10-12H2,1-3H3,(H2,18,20,21). The van der Waals surface area contributed by atoms with Gasteiger partial charge in [0.15, 0.2) is 5.96 Å². The topological polar surface area (TPSA) is 78.9 Å². The molecule has 0 spiro atoms. The minimum absolute atomic E-state index is 0.210. The summed E-state index contributed by atoms with van der Waals surface area (Å²) in [6.45, 7) is 6.73. The van der Waals surface area contributed by atoms with Crippen molar-refractivity contribution >= 4 is 11.9 Å². The van der Waals surface area contributed by atoms with Gasteiger partial charge in [-0.25, -0.2) is 9.98 Å². The monoisotopic (exact) mass is 333 g/mol. The molecule has 1 aromatic heterocycles. The van der Waals surface area contributed by atoms with Gasteiger partial charge in [-0.1, -0.05) is 13.0 Å². The average molecular weight is 333 g/mol. The van der Waals surface area contributed by atoms with E-state index in [0.29, 0.717) is 18.8 Å². The Morgan fingerprint density at radius 2 is 2.33 bits per heavy atom. The zero-order valence-corrected chi connectivity index (χ0v) is 14.7. The predicted octanol–water partition coefficient (Wildman–Crippen LogP) is 1.16. The maximum atomic E-state index is 11.8. The van der Waals surface area contributed by atoms with Gasteiger partial charge in [-0.15, -0.1) is 0 Å². The number of guanidine groups is 1. The van der Waals surface area contributed by atoms with E-state index >= 15 is 0 Å². The fourth-order valence-corrected chi connectivity index (χ4v) is 2.73. The van der Waals surface area contributed by atoms with E-state index in [1.54, 1.807) is 13.3 Å². The maximum absolute atomic E-state index is 11.8. The molecular weight excluding hydrogens is 306 g/mol. The normalized spacial score (nSPS) is 17.7. The quantitative estimate of drug-likeness (QED) is 0.603. The highest BCUT2D eigenvalue weighted by Crippen LogP contribution is 2.15. The second kappa shape index (κ2) is 9.10. The Morgan fingerprint density at radius 1 is 1.50 bits per heavy atom. The Bertz CT molecular complexity index is 576. The Kier molecular flexibility index (Phi) is 6.84. The lowest BCUT2D eigenvalue weighted by atomic mass is 10.2. The number of methoxy groups -OCH3 is 1. The molecule has 0 bridgehead atoms. The fraction of sp³-hybridized carbons (Fsp3) is 0.588. The van der Waals surface area contributed by atoms with Gasteiger partial charge in [0.2, 0.25) is 11.8 Å². The molecule has 1 aromatic rings. The van der Waals surface area contributed by atoms with Gasteiger partial charge in [-0.2, -0.15) is 0 Å². The van der Waals surface area contributed by atoms with E-state index in [1.165, 1.54) is 0 Å². The second-order valence-corrected chi connectivity index (χ2v) is 5.69. The van der Waals surface area contributed by atoms with Crippen molar-refractivity contribution < 1.29 is 9.53 Å². The molecule has 24 heavy (non-hydrogen) atoms. The molecule has 2 N–H and O–H groups in total. The van der Waals surface area contributed by atoms with Crippen LogP contribution in [-0.2, 0) is 11.3 Å². The summed E-state index contributed by atoms with van der Waals surface area (Å²) < 4.78 is 5.26. The van der Waals surface area contributed by atoms with E-state index < -0.39 is 0 Å². The second-order valence-electron chi connectivity index (χ2n) is 5.69. The molecule has 0 aromatic carbocycles. The number of carbonyl (C=O) groups excluding carboxylic acids is 1. The zero-order chi connectivity index (χ0) is 17.4. The van der Waals surface area contributed by atoms with Gasteiger partial charge < -0.3 is 20.3 Å². The summed E-state index contributed by atoms with van der Waals surface area (Å²) >= 11 is 0. The van der Waals surface area contributed by atoms with Crippen molar-refractivity contribution in [1.82, 2.24) is 20.5 Å². The highest BCUT2D eigenvalue weighted by molar-refractivity contribution is 5.80. The molecule has 0 saturated carbocycles. The van der Waals surface area contributed by atoms with E-state index in [0.717, 1.165) is 37.6 Å². The van der Waals surface area contributed by atoms with Gasteiger partial charge >= 0.3 is 0 Å². The molecule has 1 fully saturated rings. The summed E-state index contributed by atoms with van der Waals surface area (Å²) in [5, 5.41) is 6.67. The van der Waals surface area contributed by atoms with Crippen molar-refractivity contribution in [3.05, 3.63) is 23.9 Å². The first kappa shape index (κ1) is 18.0. The number of rotatable bonds is 6. The number of likely N-dealkylation sites (tertiary alicyclic amines) is 1. The van der Waals surface area contributed by atoms with Crippen LogP contribution < -0.4 is 15.4 Å². The smallest absolute Gasteiger partial charge is 0.222 e. The lowest BCUT2D eigenvalue weighted by molar-refractivity contribution is -0.129. The molecular formula is C17H27N5O2. The SMILES string of the molecule is CCNC(=NCc1cccnc1OC)NC1CCN(C(=O)CC)C1. The number of carbonyl (C=O) groups is 1. The number of nitrogens with one attached hydrogen (secondary N) is 2. The molecule has 1 aliphatic heterocycles. The van der Waals surface area contributed by atoms with Gasteiger partial charge in [0, 0.05) is 43.9 Å². The van der Waals surface area contributed by atoms with Crippen LogP contribution in [0, 0.1) is 0 Å². The van der Waals surface area contributed by atoms with Crippen molar-refractivity contribution in [2.75, 3.05) is 26.7 Å². The van der Waals surface area contributed by atoms with Crippen LogP contribution in [0.1, 0.15) is 32.3 Å². The molecule has 1 atom stereocenters. The third kappa shape index (κ3) is 4.84. The molecule has 132 valence electrons. The first-order valence-corrected chi connectivity index (χ1v) is 8.48. The summed E-state index contributed by atoms with van der Waals surface area (Å²) in [5.74, 6) is 1.55. The highest BCUT2D eigenvalue weighted by Gasteiger charge is 2.25. The van der Waals surface area contributed by atoms with Crippen LogP contribution in [0.2, 0.25) is 0 Å². The number of nitrogens with zero attached hydrogens (tertiary/aromatic N) is 3. The Labute approximate surface area is 143 Å². The van der Waals surface area contributed by atoms with E-state index in [4.69, 9.17) is 4.74 Å². The fourth-order valence-electron chi connectivity index (χ4n) is 2.73. The minimum Gasteiger partial charge on any atom is -0.481 e. The average Bonchev–Trinajstić information content (AvgIpc) is 3.08. The molecule has 1 saturated heterocycles. The van der Waals surface area contributed by atoms with Crippen LogP contribution in [-0.4, -0.2) is 54.5 Å². The number of aliphatic imine (C=N–C) groups is 1. The largest absolute Gasteiger partial charge is 0.481 e. The van der Waals surface area contributed by atoms with Crippen molar-refractivity contribution in [2.45, 2.75) is 39.3 Å². The van der Waals surface area contributed by atoms with E-state index in [9.17, 15) is 4.79 Å². The molecule has 1 aliphatic rings. The maximum Gasteiger partial charge on any atom is 0.222 e. The first-order valence-electron chi connectivity index (χ1n) is 8.48. The van der Waals surface area contributed by atoms with Crippen LogP contribution >= 0.6 is 0 Å².